The third kappa shape index (κ3) is 3.50. The van der Waals surface area contributed by atoms with Crippen molar-refractivity contribution in [1.29, 1.82) is 0 Å². The van der Waals surface area contributed by atoms with Gasteiger partial charge in [-0.15, -0.1) is 0 Å². The average Bonchev–Trinajstić information content (AvgIpc) is 2.38. The molecule has 0 aromatic heterocycles. The highest BCUT2D eigenvalue weighted by Gasteiger charge is 2.11. The molecule has 1 N–H and O–H groups in total. The second-order valence-corrected chi connectivity index (χ2v) is 4.85. The predicted octanol–water partition coefficient (Wildman–Crippen LogP) is 4.71. The summed E-state index contributed by atoms with van der Waals surface area (Å²) in [5.74, 6) is 0.640. The van der Waals surface area contributed by atoms with E-state index in [0.29, 0.717) is 6.61 Å². The van der Waals surface area contributed by atoms with Gasteiger partial charge in [-0.1, -0.05) is 18.2 Å². The van der Waals surface area contributed by atoms with Crippen molar-refractivity contribution in [1.82, 2.24) is 0 Å². The van der Waals surface area contributed by atoms with Gasteiger partial charge in [0, 0.05) is 11.3 Å². The molecular formula is C17H20FNO. The number of para-hydroxylation sites is 1. The van der Waals surface area contributed by atoms with Crippen LogP contribution in [0.2, 0.25) is 0 Å². The van der Waals surface area contributed by atoms with Crippen LogP contribution in [0.25, 0.3) is 0 Å². The molecule has 0 saturated heterocycles. The van der Waals surface area contributed by atoms with E-state index < -0.39 is 0 Å². The Morgan fingerprint density at radius 1 is 1.20 bits per heavy atom. The maximum atomic E-state index is 13.4. The smallest absolute Gasteiger partial charge is 0.125 e. The second kappa shape index (κ2) is 6.42. The highest BCUT2D eigenvalue weighted by atomic mass is 19.1. The zero-order valence-electron chi connectivity index (χ0n) is 12.1. The summed E-state index contributed by atoms with van der Waals surface area (Å²) in [4.78, 5) is 0. The van der Waals surface area contributed by atoms with Crippen LogP contribution in [0.15, 0.2) is 42.5 Å². The Morgan fingerprint density at radius 2 is 1.95 bits per heavy atom. The van der Waals surface area contributed by atoms with Crippen molar-refractivity contribution in [3.63, 3.8) is 0 Å². The molecule has 2 nitrogen and oxygen atoms in total. The molecule has 0 amide bonds. The molecule has 0 saturated carbocycles. The molecule has 0 aliphatic heterocycles. The van der Waals surface area contributed by atoms with Crippen molar-refractivity contribution >= 4 is 5.69 Å². The molecule has 0 spiro atoms. The summed E-state index contributed by atoms with van der Waals surface area (Å²) >= 11 is 0. The molecule has 0 aliphatic carbocycles. The van der Waals surface area contributed by atoms with Gasteiger partial charge in [-0.05, 0) is 50.6 Å². The fourth-order valence-electron chi connectivity index (χ4n) is 2.27. The quantitative estimate of drug-likeness (QED) is 0.852. The molecule has 106 valence electrons. The minimum absolute atomic E-state index is 0.0407. The third-order valence-electron chi connectivity index (χ3n) is 3.11. The Labute approximate surface area is 119 Å². The van der Waals surface area contributed by atoms with E-state index in [0.717, 1.165) is 22.6 Å². The lowest BCUT2D eigenvalue weighted by atomic mass is 10.1. The van der Waals surface area contributed by atoms with Gasteiger partial charge in [0.15, 0.2) is 0 Å². The lowest BCUT2D eigenvalue weighted by Gasteiger charge is -2.19. The number of halogens is 1. The first-order valence-electron chi connectivity index (χ1n) is 6.85. The summed E-state index contributed by atoms with van der Waals surface area (Å²) in [6.07, 6.45) is 0. The number of aryl methyl sites for hydroxylation is 1. The van der Waals surface area contributed by atoms with Crippen LogP contribution in [0, 0.1) is 12.7 Å². The monoisotopic (exact) mass is 273 g/mol. The molecule has 0 heterocycles. The second-order valence-electron chi connectivity index (χ2n) is 4.85. The molecule has 20 heavy (non-hydrogen) atoms. The Morgan fingerprint density at radius 3 is 2.65 bits per heavy atom. The zero-order chi connectivity index (χ0) is 14.5. The standard InChI is InChI=1S/C17H20FNO/c1-4-20-17-8-6-5-7-16(17)13(3)19-15-10-12(2)9-14(18)11-15/h5-11,13,19H,4H2,1-3H3. The van der Waals surface area contributed by atoms with Gasteiger partial charge < -0.3 is 10.1 Å². The average molecular weight is 273 g/mol. The van der Waals surface area contributed by atoms with E-state index >= 15 is 0 Å². The van der Waals surface area contributed by atoms with Crippen molar-refractivity contribution in [2.24, 2.45) is 0 Å². The summed E-state index contributed by atoms with van der Waals surface area (Å²) < 4.78 is 19.0. The summed E-state index contributed by atoms with van der Waals surface area (Å²) in [7, 11) is 0. The Bertz CT molecular complexity index is 563. The molecule has 3 heteroatoms. The van der Waals surface area contributed by atoms with Crippen LogP contribution >= 0.6 is 0 Å². The van der Waals surface area contributed by atoms with E-state index in [9.17, 15) is 4.39 Å². The molecule has 2 rings (SSSR count). The number of nitrogens with one attached hydrogen (secondary N) is 1. The van der Waals surface area contributed by atoms with E-state index in [1.165, 1.54) is 12.1 Å². The zero-order valence-corrected chi connectivity index (χ0v) is 12.1. The summed E-state index contributed by atoms with van der Waals surface area (Å²) in [6.45, 7) is 6.51. The molecule has 0 fully saturated rings. The van der Waals surface area contributed by atoms with Crippen LogP contribution in [-0.4, -0.2) is 6.61 Å². The first kappa shape index (κ1) is 14.4. The van der Waals surface area contributed by atoms with E-state index in [-0.39, 0.29) is 11.9 Å². The topological polar surface area (TPSA) is 21.3 Å². The van der Waals surface area contributed by atoms with Crippen LogP contribution in [0.4, 0.5) is 10.1 Å². The maximum absolute atomic E-state index is 13.4. The lowest BCUT2D eigenvalue weighted by Crippen LogP contribution is -2.09. The first-order chi connectivity index (χ1) is 9.60. The number of hydrogen-bond acceptors (Lipinski definition) is 2. The normalized spacial score (nSPS) is 12.0. The largest absolute Gasteiger partial charge is 0.494 e. The van der Waals surface area contributed by atoms with Gasteiger partial charge in [-0.2, -0.15) is 0 Å². The Balaban J connectivity index is 2.21. The molecule has 0 bridgehead atoms. The van der Waals surface area contributed by atoms with E-state index in [1.807, 2.05) is 51.1 Å². The number of rotatable bonds is 5. The van der Waals surface area contributed by atoms with Crippen LogP contribution < -0.4 is 10.1 Å². The van der Waals surface area contributed by atoms with E-state index in [2.05, 4.69) is 5.32 Å². The van der Waals surface area contributed by atoms with Crippen LogP contribution in [0.1, 0.15) is 31.0 Å². The van der Waals surface area contributed by atoms with Crippen LogP contribution in [-0.2, 0) is 0 Å². The van der Waals surface area contributed by atoms with Crippen LogP contribution in [0.5, 0.6) is 5.75 Å². The minimum Gasteiger partial charge on any atom is -0.494 e. The lowest BCUT2D eigenvalue weighted by molar-refractivity contribution is 0.335. The molecular weight excluding hydrogens is 253 g/mol. The number of benzene rings is 2. The van der Waals surface area contributed by atoms with Gasteiger partial charge in [0.05, 0.1) is 12.6 Å². The third-order valence-corrected chi connectivity index (χ3v) is 3.11. The van der Waals surface area contributed by atoms with Crippen molar-refractivity contribution in [3.05, 3.63) is 59.4 Å². The summed E-state index contributed by atoms with van der Waals surface area (Å²) in [6, 6.07) is 12.9. The van der Waals surface area contributed by atoms with Gasteiger partial charge in [0.25, 0.3) is 0 Å². The van der Waals surface area contributed by atoms with Gasteiger partial charge >= 0.3 is 0 Å². The number of hydrogen-bond donors (Lipinski definition) is 1. The molecule has 1 atom stereocenters. The highest BCUT2D eigenvalue weighted by molar-refractivity contribution is 5.49. The van der Waals surface area contributed by atoms with Gasteiger partial charge in [-0.25, -0.2) is 4.39 Å². The van der Waals surface area contributed by atoms with Crippen molar-refractivity contribution < 1.29 is 9.13 Å². The molecule has 1 unspecified atom stereocenters. The number of anilines is 1. The van der Waals surface area contributed by atoms with Gasteiger partial charge in [0.2, 0.25) is 0 Å². The predicted molar refractivity (Wildman–Crippen MR) is 80.8 cm³/mol. The van der Waals surface area contributed by atoms with Gasteiger partial charge in [0.1, 0.15) is 11.6 Å². The van der Waals surface area contributed by atoms with Crippen molar-refractivity contribution in [3.8, 4) is 5.75 Å². The van der Waals surface area contributed by atoms with E-state index in [1.54, 1.807) is 0 Å². The molecule has 2 aromatic carbocycles. The maximum Gasteiger partial charge on any atom is 0.125 e. The van der Waals surface area contributed by atoms with Crippen molar-refractivity contribution in [2.75, 3.05) is 11.9 Å². The molecule has 2 aromatic rings. The van der Waals surface area contributed by atoms with Gasteiger partial charge in [-0.3, -0.25) is 0 Å². The first-order valence-corrected chi connectivity index (χ1v) is 6.85. The van der Waals surface area contributed by atoms with Crippen molar-refractivity contribution in [2.45, 2.75) is 26.8 Å². The molecule has 0 aliphatic rings. The Hall–Kier alpha value is -2.03. The minimum atomic E-state index is -0.224. The summed E-state index contributed by atoms with van der Waals surface area (Å²) in [5, 5.41) is 3.32. The SMILES string of the molecule is CCOc1ccccc1C(C)Nc1cc(C)cc(F)c1. The fraction of sp³-hybridized carbons (Fsp3) is 0.294. The van der Waals surface area contributed by atoms with Crippen LogP contribution in [0.3, 0.4) is 0 Å². The fourth-order valence-corrected chi connectivity index (χ4v) is 2.27. The Kier molecular flexibility index (Phi) is 4.61. The number of ether oxygens (including phenoxy) is 1. The van der Waals surface area contributed by atoms with E-state index in [4.69, 9.17) is 4.74 Å². The highest BCUT2D eigenvalue weighted by Crippen LogP contribution is 2.28. The molecule has 0 radical (unpaired) electrons. The summed E-state index contributed by atoms with van der Waals surface area (Å²) in [5.41, 5.74) is 2.75.